The van der Waals surface area contributed by atoms with Gasteiger partial charge in [-0.2, -0.15) is 0 Å². The van der Waals surface area contributed by atoms with Crippen LogP contribution in [0.3, 0.4) is 0 Å². The minimum Gasteiger partial charge on any atom is -0.393 e. The number of amides is 2. The van der Waals surface area contributed by atoms with E-state index in [2.05, 4.69) is 39.5 Å². The van der Waals surface area contributed by atoms with Gasteiger partial charge >= 0.3 is 6.03 Å². The zero-order chi connectivity index (χ0) is 23.8. The van der Waals surface area contributed by atoms with Crippen molar-refractivity contribution >= 4 is 28.3 Å². The number of carbonyl (C=O) groups excluding carboxylic acids is 1. The molecule has 3 N–H and O–H groups in total. The predicted octanol–water partition coefficient (Wildman–Crippen LogP) is 4.87. The maximum atomic E-state index is 13.3. The highest BCUT2D eigenvalue weighted by molar-refractivity contribution is 7.16. The summed E-state index contributed by atoms with van der Waals surface area (Å²) in [6.45, 7) is 4.21. The molecular weight excluding hydrogens is 457 g/mol. The molecule has 2 amide bonds. The molecule has 10 heteroatoms. The van der Waals surface area contributed by atoms with Gasteiger partial charge < -0.3 is 19.8 Å². The minimum atomic E-state index is -0.296. The summed E-state index contributed by atoms with van der Waals surface area (Å²) in [5, 5.41) is 20.4. The van der Waals surface area contributed by atoms with Gasteiger partial charge in [0.1, 0.15) is 5.82 Å². The van der Waals surface area contributed by atoms with Crippen LogP contribution in [0.15, 0.2) is 34.9 Å². The number of fused-ring (bicyclic) bond motifs is 1. The number of urea groups is 1. The van der Waals surface area contributed by atoms with Crippen molar-refractivity contribution in [1.29, 1.82) is 0 Å². The molecule has 34 heavy (non-hydrogen) atoms. The quantitative estimate of drug-likeness (QED) is 0.487. The van der Waals surface area contributed by atoms with E-state index < -0.39 is 0 Å². The summed E-state index contributed by atoms with van der Waals surface area (Å²) in [6, 6.07) is 7.96. The van der Waals surface area contributed by atoms with Crippen LogP contribution in [-0.2, 0) is 6.42 Å². The van der Waals surface area contributed by atoms with E-state index in [1.54, 1.807) is 12.1 Å². The van der Waals surface area contributed by atoms with Gasteiger partial charge in [0, 0.05) is 30.1 Å². The zero-order valence-corrected chi connectivity index (χ0v) is 19.9. The fourth-order valence-corrected chi connectivity index (χ4v) is 5.92. The van der Waals surface area contributed by atoms with E-state index in [1.165, 1.54) is 23.5 Å². The number of benzene rings is 1. The van der Waals surface area contributed by atoms with Crippen molar-refractivity contribution in [2.75, 3.05) is 10.2 Å². The number of hydrogen-bond donors (Lipinski definition) is 3. The Labute approximate surface area is 201 Å². The molecule has 0 radical (unpaired) electrons. The molecule has 1 aliphatic carbocycles. The van der Waals surface area contributed by atoms with Crippen molar-refractivity contribution in [3.63, 3.8) is 0 Å². The number of nitrogens with one attached hydrogen (secondary N) is 2. The molecule has 0 bridgehead atoms. The summed E-state index contributed by atoms with van der Waals surface area (Å²) in [7, 11) is 0. The van der Waals surface area contributed by atoms with Crippen LogP contribution in [0.4, 0.5) is 20.1 Å². The number of rotatable bonds is 4. The molecular formula is C24H28FN5O3S. The number of aliphatic hydroxyl groups is 1. The van der Waals surface area contributed by atoms with Crippen molar-refractivity contribution in [1.82, 2.24) is 15.5 Å². The first kappa shape index (κ1) is 22.8. The highest BCUT2D eigenvalue weighted by Gasteiger charge is 2.34. The molecule has 1 fully saturated rings. The Balaban J connectivity index is 1.28. The van der Waals surface area contributed by atoms with Gasteiger partial charge in [-0.1, -0.05) is 16.5 Å². The van der Waals surface area contributed by atoms with Crippen LogP contribution in [0.1, 0.15) is 56.1 Å². The number of anilines is 2. The average molecular weight is 486 g/mol. The molecule has 0 spiro atoms. The first-order valence-corrected chi connectivity index (χ1v) is 12.4. The second-order valence-electron chi connectivity index (χ2n) is 9.13. The zero-order valence-electron chi connectivity index (χ0n) is 19.1. The number of carbonyl (C=O) groups is 1. The lowest BCUT2D eigenvalue weighted by atomic mass is 9.93. The minimum absolute atomic E-state index is 0.000797. The highest BCUT2D eigenvalue weighted by Crippen LogP contribution is 2.41. The summed E-state index contributed by atoms with van der Waals surface area (Å²) < 4.78 is 18.8. The molecule has 8 nitrogen and oxygen atoms in total. The SMILES string of the molecule is C[C@@H]1Cc2nc(NC(=O)NC3CCC(O)CC3)sc2[C@H](C)N1c1cc(-c2ccc(F)cc2)on1. The van der Waals surface area contributed by atoms with E-state index in [9.17, 15) is 14.3 Å². The topological polar surface area (TPSA) is 104 Å². The van der Waals surface area contributed by atoms with Crippen molar-refractivity contribution < 1.29 is 18.8 Å². The van der Waals surface area contributed by atoms with E-state index >= 15 is 0 Å². The molecule has 2 atom stereocenters. The highest BCUT2D eigenvalue weighted by atomic mass is 32.1. The number of thiazole rings is 1. The third kappa shape index (κ3) is 4.65. The second kappa shape index (κ2) is 9.34. The lowest BCUT2D eigenvalue weighted by molar-refractivity contribution is 0.118. The third-order valence-corrected chi connectivity index (χ3v) is 7.81. The largest absolute Gasteiger partial charge is 0.393 e. The van der Waals surface area contributed by atoms with Gasteiger partial charge in [0.15, 0.2) is 16.7 Å². The summed E-state index contributed by atoms with van der Waals surface area (Å²) in [5.41, 5.74) is 1.75. The summed E-state index contributed by atoms with van der Waals surface area (Å²) >= 11 is 1.47. The Morgan fingerprint density at radius 1 is 1.21 bits per heavy atom. The van der Waals surface area contributed by atoms with E-state index in [-0.39, 0.29) is 36.1 Å². The second-order valence-corrected chi connectivity index (χ2v) is 10.2. The lowest BCUT2D eigenvalue weighted by Crippen LogP contribution is -2.41. The lowest BCUT2D eigenvalue weighted by Gasteiger charge is -2.37. The smallest absolute Gasteiger partial charge is 0.321 e. The van der Waals surface area contributed by atoms with Crippen LogP contribution in [0, 0.1) is 5.82 Å². The predicted molar refractivity (Wildman–Crippen MR) is 128 cm³/mol. The molecule has 1 saturated carbocycles. The molecule has 1 aromatic carbocycles. The fraction of sp³-hybridized carbons (Fsp3) is 0.458. The molecule has 3 heterocycles. The summed E-state index contributed by atoms with van der Waals surface area (Å²) in [6.07, 6.45) is 3.46. The number of nitrogens with zero attached hydrogens (tertiary/aromatic N) is 3. The Morgan fingerprint density at radius 2 is 1.94 bits per heavy atom. The number of hydrogen-bond acceptors (Lipinski definition) is 7. The average Bonchev–Trinajstić information content (AvgIpc) is 3.43. The van der Waals surface area contributed by atoms with Crippen LogP contribution in [0.2, 0.25) is 0 Å². The van der Waals surface area contributed by atoms with Gasteiger partial charge in [-0.25, -0.2) is 14.2 Å². The van der Waals surface area contributed by atoms with E-state index in [1.807, 2.05) is 6.07 Å². The molecule has 5 rings (SSSR count). The van der Waals surface area contributed by atoms with Gasteiger partial charge in [0.2, 0.25) is 0 Å². The molecule has 3 aromatic rings. The Morgan fingerprint density at radius 3 is 2.68 bits per heavy atom. The number of aliphatic hydroxyl groups excluding tert-OH is 1. The van der Waals surface area contributed by atoms with Crippen molar-refractivity contribution in [2.45, 2.75) is 70.2 Å². The van der Waals surface area contributed by atoms with Crippen molar-refractivity contribution in [2.24, 2.45) is 0 Å². The molecule has 180 valence electrons. The first-order valence-electron chi connectivity index (χ1n) is 11.6. The van der Waals surface area contributed by atoms with Crippen molar-refractivity contribution in [3.05, 3.63) is 46.7 Å². The van der Waals surface area contributed by atoms with E-state index in [0.29, 0.717) is 29.6 Å². The molecule has 2 aromatic heterocycles. The maximum Gasteiger partial charge on any atom is 0.321 e. The Hall–Kier alpha value is -2.98. The molecule has 2 aliphatic rings. The number of aromatic nitrogens is 2. The van der Waals surface area contributed by atoms with Gasteiger partial charge in [-0.3, -0.25) is 5.32 Å². The monoisotopic (exact) mass is 485 g/mol. The van der Waals surface area contributed by atoms with E-state index in [4.69, 9.17) is 4.52 Å². The van der Waals surface area contributed by atoms with Gasteiger partial charge in [-0.15, -0.1) is 0 Å². The van der Waals surface area contributed by atoms with Gasteiger partial charge in [0.25, 0.3) is 0 Å². The number of halogens is 1. The van der Waals surface area contributed by atoms with Crippen LogP contribution < -0.4 is 15.5 Å². The standard InChI is InChI=1S/C24H28FN5O3S/c1-13-11-19-22(34-24(27-19)28-23(32)26-17-7-9-18(31)10-8-17)14(2)30(13)21-12-20(33-29-21)15-3-5-16(25)6-4-15/h3-6,12-14,17-18,31H,7-11H2,1-2H3,(H2,26,27,28,32)/t13-,14+,17?,18?/m1/s1. The van der Waals surface area contributed by atoms with Gasteiger partial charge in [-0.05, 0) is 63.8 Å². The molecule has 1 aliphatic heterocycles. The van der Waals surface area contributed by atoms with Crippen LogP contribution >= 0.6 is 11.3 Å². The Bertz CT molecular complexity index is 1160. The Kier molecular flexibility index (Phi) is 6.26. The molecule has 0 saturated heterocycles. The maximum absolute atomic E-state index is 13.3. The fourth-order valence-electron chi connectivity index (χ4n) is 4.88. The third-order valence-electron chi connectivity index (χ3n) is 6.63. The normalized spacial score (nSPS) is 24.5. The van der Waals surface area contributed by atoms with Gasteiger partial charge in [0.05, 0.1) is 22.7 Å². The van der Waals surface area contributed by atoms with E-state index in [0.717, 1.165) is 35.4 Å². The molecule has 0 unspecified atom stereocenters. The summed E-state index contributed by atoms with van der Waals surface area (Å²) in [4.78, 5) is 20.4. The van der Waals surface area contributed by atoms with Crippen LogP contribution in [-0.4, -0.2) is 39.5 Å². The summed E-state index contributed by atoms with van der Waals surface area (Å²) in [5.74, 6) is 0.999. The van der Waals surface area contributed by atoms with Crippen LogP contribution in [0.25, 0.3) is 11.3 Å². The first-order chi connectivity index (χ1) is 16.4. The van der Waals surface area contributed by atoms with Crippen LogP contribution in [0.5, 0.6) is 0 Å². The van der Waals surface area contributed by atoms with Crippen molar-refractivity contribution in [3.8, 4) is 11.3 Å².